The van der Waals surface area contributed by atoms with Gasteiger partial charge in [-0.3, -0.25) is 9.59 Å². The first kappa shape index (κ1) is 18.7. The lowest BCUT2D eigenvalue weighted by Gasteiger charge is -2.33. The summed E-state index contributed by atoms with van der Waals surface area (Å²) in [7, 11) is 0. The molecule has 0 bridgehead atoms. The molecule has 7 heteroatoms. The van der Waals surface area contributed by atoms with E-state index in [1.165, 1.54) is 0 Å². The van der Waals surface area contributed by atoms with Crippen molar-refractivity contribution < 1.29 is 19.5 Å². The number of nitrogens with zero attached hydrogens (tertiary/aromatic N) is 1. The molecule has 2 rings (SSSR count). The van der Waals surface area contributed by atoms with Gasteiger partial charge < -0.3 is 20.6 Å². The first-order valence-corrected chi connectivity index (χ1v) is 8.99. The molecule has 3 unspecified atom stereocenters. The molecule has 0 spiro atoms. The summed E-state index contributed by atoms with van der Waals surface area (Å²) in [4.78, 5) is 37.9. The highest BCUT2D eigenvalue weighted by molar-refractivity contribution is 5.86. The molecule has 2 aliphatic heterocycles. The molecule has 2 fully saturated rings. The number of carbonyl (C=O) groups is 3. The summed E-state index contributed by atoms with van der Waals surface area (Å²) in [5, 5.41) is 15.2. The minimum Gasteiger partial charge on any atom is -0.480 e. The van der Waals surface area contributed by atoms with Gasteiger partial charge in [-0.25, -0.2) is 4.79 Å². The van der Waals surface area contributed by atoms with Crippen LogP contribution in [0.3, 0.4) is 0 Å². The molecular formula is C17H29N3O4. The molecule has 0 radical (unpaired) electrons. The van der Waals surface area contributed by atoms with E-state index < -0.39 is 12.0 Å². The second kappa shape index (κ2) is 8.46. The van der Waals surface area contributed by atoms with E-state index in [0.29, 0.717) is 32.4 Å². The van der Waals surface area contributed by atoms with Crippen LogP contribution in [0.5, 0.6) is 0 Å². The number of nitrogens with one attached hydrogen (secondary N) is 2. The van der Waals surface area contributed by atoms with Crippen LogP contribution in [0.4, 0.5) is 0 Å². The van der Waals surface area contributed by atoms with E-state index in [9.17, 15) is 19.5 Å². The minimum absolute atomic E-state index is 0.0721. The molecule has 0 aromatic heterocycles. The fraction of sp³-hybridized carbons (Fsp3) is 0.824. The second-order valence-electron chi connectivity index (χ2n) is 6.96. The molecule has 2 aliphatic rings. The number of carbonyl (C=O) groups excluding carboxylic acids is 2. The Hall–Kier alpha value is -1.63. The van der Waals surface area contributed by atoms with Crippen LogP contribution in [0.1, 0.15) is 46.0 Å². The Bertz CT molecular complexity index is 468. The number of rotatable bonds is 6. The molecule has 3 atom stereocenters. The van der Waals surface area contributed by atoms with Crippen molar-refractivity contribution in [3.05, 3.63) is 0 Å². The Balaban J connectivity index is 1.83. The van der Waals surface area contributed by atoms with Crippen molar-refractivity contribution in [3.63, 3.8) is 0 Å². The summed E-state index contributed by atoms with van der Waals surface area (Å²) >= 11 is 0. The number of hydrogen-bond acceptors (Lipinski definition) is 4. The fourth-order valence-electron chi connectivity index (χ4n) is 3.43. The number of aliphatic carboxylic acids is 1. The van der Waals surface area contributed by atoms with Crippen molar-refractivity contribution in [1.29, 1.82) is 0 Å². The SMILES string of the molecule is CCC(C)C(NC(=O)C1CCN(C(=O)C2CCCN2)CC1)C(=O)O. The van der Waals surface area contributed by atoms with Crippen molar-refractivity contribution >= 4 is 17.8 Å². The Morgan fingerprint density at radius 1 is 1.25 bits per heavy atom. The zero-order valence-electron chi connectivity index (χ0n) is 14.6. The highest BCUT2D eigenvalue weighted by atomic mass is 16.4. The monoisotopic (exact) mass is 339 g/mol. The van der Waals surface area contributed by atoms with Crippen LogP contribution >= 0.6 is 0 Å². The largest absolute Gasteiger partial charge is 0.480 e. The van der Waals surface area contributed by atoms with Crippen LogP contribution in [-0.4, -0.2) is 59.5 Å². The standard InChI is InChI=1S/C17H29N3O4/c1-3-11(2)14(17(23)24)19-15(21)12-6-9-20(10-7-12)16(22)13-5-4-8-18-13/h11-14,18H,3-10H2,1-2H3,(H,19,21)(H,23,24). The lowest BCUT2D eigenvalue weighted by atomic mass is 9.93. The van der Waals surface area contributed by atoms with E-state index in [1.54, 1.807) is 0 Å². The third kappa shape index (κ3) is 4.47. The third-order valence-corrected chi connectivity index (χ3v) is 5.31. The Kier molecular flexibility index (Phi) is 6.60. The van der Waals surface area contributed by atoms with Gasteiger partial charge in [0, 0.05) is 19.0 Å². The summed E-state index contributed by atoms with van der Waals surface area (Å²) < 4.78 is 0. The second-order valence-corrected chi connectivity index (χ2v) is 6.96. The fourth-order valence-corrected chi connectivity index (χ4v) is 3.43. The molecule has 0 aliphatic carbocycles. The van der Waals surface area contributed by atoms with E-state index in [2.05, 4.69) is 10.6 Å². The van der Waals surface area contributed by atoms with Gasteiger partial charge in [0.05, 0.1) is 6.04 Å². The van der Waals surface area contributed by atoms with Gasteiger partial charge >= 0.3 is 5.97 Å². The van der Waals surface area contributed by atoms with Crippen molar-refractivity contribution in [1.82, 2.24) is 15.5 Å². The molecule has 7 nitrogen and oxygen atoms in total. The number of carboxylic acids is 1. The van der Waals surface area contributed by atoms with Crippen molar-refractivity contribution in [3.8, 4) is 0 Å². The van der Waals surface area contributed by atoms with Crippen LogP contribution in [0.25, 0.3) is 0 Å². The first-order valence-electron chi connectivity index (χ1n) is 8.99. The number of carboxylic acid groups (broad SMARTS) is 1. The molecule has 2 saturated heterocycles. The average molecular weight is 339 g/mol. The van der Waals surface area contributed by atoms with E-state index in [0.717, 1.165) is 19.4 Å². The topological polar surface area (TPSA) is 98.7 Å². The Morgan fingerprint density at radius 3 is 2.42 bits per heavy atom. The molecule has 3 N–H and O–H groups in total. The zero-order chi connectivity index (χ0) is 17.7. The third-order valence-electron chi connectivity index (χ3n) is 5.31. The van der Waals surface area contributed by atoms with Gasteiger partial charge in [0.2, 0.25) is 11.8 Å². The maximum Gasteiger partial charge on any atom is 0.326 e. The van der Waals surface area contributed by atoms with Gasteiger partial charge in [-0.2, -0.15) is 0 Å². The molecule has 0 aromatic rings. The number of likely N-dealkylation sites (tertiary alicyclic amines) is 1. The summed E-state index contributed by atoms with van der Waals surface area (Å²) in [5.74, 6) is -1.38. The van der Waals surface area contributed by atoms with Gasteiger partial charge in [0.15, 0.2) is 0 Å². The van der Waals surface area contributed by atoms with Gasteiger partial charge in [0.1, 0.15) is 6.04 Å². The van der Waals surface area contributed by atoms with Gasteiger partial charge in [-0.1, -0.05) is 20.3 Å². The molecular weight excluding hydrogens is 310 g/mol. The molecule has 0 aromatic carbocycles. The predicted molar refractivity (Wildman–Crippen MR) is 89.4 cm³/mol. The van der Waals surface area contributed by atoms with Crippen LogP contribution in [-0.2, 0) is 14.4 Å². The van der Waals surface area contributed by atoms with Gasteiger partial charge in [-0.05, 0) is 38.1 Å². The highest BCUT2D eigenvalue weighted by Gasteiger charge is 2.34. The maximum atomic E-state index is 12.4. The summed E-state index contributed by atoms with van der Waals surface area (Å²) in [6, 6.07) is -0.915. The van der Waals surface area contributed by atoms with Crippen molar-refractivity contribution in [2.24, 2.45) is 11.8 Å². The van der Waals surface area contributed by atoms with E-state index in [1.807, 2.05) is 18.7 Å². The summed E-state index contributed by atoms with van der Waals surface area (Å²) in [6.45, 7) is 5.76. The lowest BCUT2D eigenvalue weighted by molar-refractivity contribution is -0.144. The Labute approximate surface area is 143 Å². The molecule has 136 valence electrons. The zero-order valence-corrected chi connectivity index (χ0v) is 14.6. The number of hydrogen-bond donors (Lipinski definition) is 3. The summed E-state index contributed by atoms with van der Waals surface area (Å²) in [5.41, 5.74) is 0. The van der Waals surface area contributed by atoms with E-state index in [-0.39, 0.29) is 29.7 Å². The average Bonchev–Trinajstić information content (AvgIpc) is 3.12. The normalized spacial score (nSPS) is 24.4. The number of amides is 2. The van der Waals surface area contributed by atoms with Crippen LogP contribution in [0, 0.1) is 11.8 Å². The first-order chi connectivity index (χ1) is 11.4. The Morgan fingerprint density at radius 2 is 1.92 bits per heavy atom. The molecule has 2 heterocycles. The predicted octanol–water partition coefficient (Wildman–Crippen LogP) is 0.593. The lowest BCUT2D eigenvalue weighted by Crippen LogP contribution is -2.51. The summed E-state index contributed by atoms with van der Waals surface area (Å²) in [6.07, 6.45) is 3.79. The highest BCUT2D eigenvalue weighted by Crippen LogP contribution is 2.20. The van der Waals surface area contributed by atoms with Gasteiger partial charge in [0.25, 0.3) is 0 Å². The number of piperidine rings is 1. The van der Waals surface area contributed by atoms with Gasteiger partial charge in [-0.15, -0.1) is 0 Å². The van der Waals surface area contributed by atoms with E-state index in [4.69, 9.17) is 0 Å². The van der Waals surface area contributed by atoms with Crippen LogP contribution in [0.2, 0.25) is 0 Å². The maximum absolute atomic E-state index is 12.4. The molecule has 24 heavy (non-hydrogen) atoms. The molecule has 0 saturated carbocycles. The van der Waals surface area contributed by atoms with Crippen LogP contribution in [0.15, 0.2) is 0 Å². The molecule has 2 amide bonds. The van der Waals surface area contributed by atoms with Crippen LogP contribution < -0.4 is 10.6 Å². The van der Waals surface area contributed by atoms with Crippen molar-refractivity contribution in [2.45, 2.75) is 58.0 Å². The van der Waals surface area contributed by atoms with Crippen molar-refractivity contribution in [2.75, 3.05) is 19.6 Å². The van der Waals surface area contributed by atoms with E-state index >= 15 is 0 Å². The quantitative estimate of drug-likeness (QED) is 0.658. The minimum atomic E-state index is -0.988. The smallest absolute Gasteiger partial charge is 0.326 e.